The fraction of sp³-hybridized carbons (Fsp3) is 0.216. The fourth-order valence-corrected chi connectivity index (χ4v) is 11.0. The molecule has 0 bridgehead atoms. The highest BCUT2D eigenvalue weighted by atomic mass is 127. The van der Waals surface area contributed by atoms with Gasteiger partial charge in [-0.2, -0.15) is 4.39 Å². The van der Waals surface area contributed by atoms with E-state index < -0.39 is 33.3 Å². The Balaban J connectivity index is 0.000000319. The molecule has 22 nitrogen and oxygen atoms in total. The lowest BCUT2D eigenvalue weighted by molar-refractivity contribution is -0.387. The highest BCUT2D eigenvalue weighted by Gasteiger charge is 2.19. The first-order valence-electron chi connectivity index (χ1n) is 31.6. The van der Waals surface area contributed by atoms with Gasteiger partial charge in [-0.15, -0.1) is 0 Å². The summed E-state index contributed by atoms with van der Waals surface area (Å²) >= 11 is 39.2. The van der Waals surface area contributed by atoms with Crippen molar-refractivity contribution in [1.29, 1.82) is 0 Å². The first-order valence-corrected chi connectivity index (χ1v) is 36.4. The van der Waals surface area contributed by atoms with Crippen molar-refractivity contribution in [2.45, 2.75) is 62.3 Å². The van der Waals surface area contributed by atoms with Gasteiger partial charge in [0.05, 0.1) is 131 Å². The van der Waals surface area contributed by atoms with Crippen molar-refractivity contribution >= 4 is 194 Å². The number of aryl methyl sites for hydroxylation is 3. The number of nitrogens with one attached hydrogen (secondary N) is 3. The highest BCUT2D eigenvalue weighted by Crippen LogP contribution is 2.37. The molecule has 0 atom stereocenters. The van der Waals surface area contributed by atoms with E-state index in [-0.39, 0.29) is 44.0 Å². The number of benzene rings is 9. The first kappa shape index (κ1) is 90.4. The van der Waals surface area contributed by atoms with E-state index in [0.29, 0.717) is 102 Å². The van der Waals surface area contributed by atoms with Crippen LogP contribution in [0.25, 0.3) is 21.8 Å². The summed E-state index contributed by atoms with van der Waals surface area (Å²) in [5, 5.41) is 48.4. The summed E-state index contributed by atoms with van der Waals surface area (Å²) in [6, 6.07) is 43.8. The largest absolute Gasteiger partial charge is 0.491 e. The molecule has 0 radical (unpaired) electrons. The maximum absolute atomic E-state index is 12.7. The van der Waals surface area contributed by atoms with Crippen molar-refractivity contribution < 1.29 is 62.5 Å². The average Bonchev–Trinajstić information content (AvgIpc) is 0.762. The Hall–Kier alpha value is -8.81. The molecular formula is C74H76Cl6FI2N7O15. The number of nitro benzene ring substituents is 2. The molecule has 9 N–H and O–H groups in total. The Morgan fingerprint density at radius 3 is 1.52 bits per heavy atom. The summed E-state index contributed by atoms with van der Waals surface area (Å²) in [5.41, 5.74) is 18.2. The lowest BCUT2D eigenvalue weighted by Crippen LogP contribution is -2.06. The number of nitrogens with zero attached hydrogens (tertiary/aromatic N) is 2. The number of carbonyl (C=O) groups is 3. The molecule has 0 spiro atoms. The Labute approximate surface area is 663 Å². The van der Waals surface area contributed by atoms with Gasteiger partial charge in [-0.25, -0.2) is 9.59 Å². The van der Waals surface area contributed by atoms with Gasteiger partial charge in [0.2, 0.25) is 11.6 Å². The summed E-state index contributed by atoms with van der Waals surface area (Å²) in [7, 11) is 0. The molecule has 0 aliphatic rings. The van der Waals surface area contributed by atoms with E-state index in [1.807, 2.05) is 120 Å². The average molecular weight is 1790 g/mol. The molecule has 105 heavy (non-hydrogen) atoms. The molecule has 0 saturated carbocycles. The number of aromatic amines is 1. The third-order valence-corrected chi connectivity index (χ3v) is 16.5. The smallest absolute Gasteiger partial charge is 0.337 e. The number of halogens is 9. The predicted molar refractivity (Wildman–Crippen MR) is 438 cm³/mol. The van der Waals surface area contributed by atoms with Crippen molar-refractivity contribution in [3.8, 4) is 23.0 Å². The summed E-state index contributed by atoms with van der Waals surface area (Å²) in [6.45, 7) is 20.3. The third kappa shape index (κ3) is 28.9. The van der Waals surface area contributed by atoms with Gasteiger partial charge in [0.15, 0.2) is 22.7 Å². The molecule has 1 heterocycles. The molecule has 0 fully saturated rings. The predicted octanol–water partition coefficient (Wildman–Crippen LogP) is 21.5. The first-order chi connectivity index (χ1) is 49.9. The zero-order valence-electron chi connectivity index (χ0n) is 58.1. The van der Waals surface area contributed by atoms with Crippen molar-refractivity contribution in [2.75, 3.05) is 66.1 Å². The Bertz CT molecular complexity index is 4570. The SMILES string of the molecule is CCNc1c(Cl)cccc1Nc1cc(C)ccc1C(=O)O.CCOC(=O)CI.CCOc1c(Cl)ccc2c(=O)c3ccc(C)cc3[nH]c12.CCOc1c(Cl)cccc1I.CCOc1c(Cl)cccc1[N+](=O)[O-].CCOc1c(N)cccc1Cl.Cc1ccc(C(=O)O)c(N)c1.O=[N+]([O-])c1cccc(Cl)c1F. The minimum atomic E-state index is -0.987. The molecule has 0 amide bonds. The molecule has 0 saturated heterocycles. The van der Waals surface area contributed by atoms with Gasteiger partial charge >= 0.3 is 29.3 Å². The summed E-state index contributed by atoms with van der Waals surface area (Å²) < 4.78 is 39.9. The van der Waals surface area contributed by atoms with Crippen LogP contribution in [0.2, 0.25) is 30.1 Å². The molecule has 10 rings (SSSR count). The second-order valence-electron chi connectivity index (χ2n) is 20.9. The van der Waals surface area contributed by atoms with E-state index >= 15 is 0 Å². The number of carboxylic acid groups (broad SMARTS) is 2. The van der Waals surface area contributed by atoms with Crippen LogP contribution in [0.5, 0.6) is 23.0 Å². The zero-order chi connectivity index (χ0) is 78.6. The van der Waals surface area contributed by atoms with Crippen LogP contribution in [-0.4, -0.2) is 87.0 Å². The number of aromatic nitrogens is 1. The normalized spacial score (nSPS) is 9.96. The lowest BCUT2D eigenvalue weighted by atomic mass is 10.1. The molecule has 0 unspecified atom stereocenters. The van der Waals surface area contributed by atoms with Gasteiger partial charge in [0.25, 0.3) is 0 Å². The zero-order valence-corrected chi connectivity index (χ0v) is 67.0. The quantitative estimate of drug-likeness (QED) is 0.00798. The number of pyridine rings is 1. The van der Waals surface area contributed by atoms with Crippen LogP contribution in [0.4, 0.5) is 44.2 Å². The van der Waals surface area contributed by atoms with Crippen LogP contribution in [0.15, 0.2) is 163 Å². The summed E-state index contributed by atoms with van der Waals surface area (Å²) in [6.07, 6.45) is 0. The number of nitrogens with two attached hydrogens (primary N) is 2. The third-order valence-electron chi connectivity index (χ3n) is 13.3. The molecule has 0 aliphatic heterocycles. The van der Waals surface area contributed by atoms with Gasteiger partial charge in [0.1, 0.15) is 0 Å². The number of hydrogen-bond acceptors (Lipinski definition) is 17. The maximum atomic E-state index is 12.7. The van der Waals surface area contributed by atoms with E-state index in [2.05, 4.69) is 42.9 Å². The number of esters is 1. The number of alkyl halides is 1. The van der Waals surface area contributed by atoms with Gasteiger partial charge in [-0.1, -0.05) is 141 Å². The van der Waals surface area contributed by atoms with Crippen molar-refractivity contribution in [3.05, 3.63) is 256 Å². The topological polar surface area (TPSA) is 333 Å². The molecular weight excluding hydrogens is 1710 g/mol. The van der Waals surface area contributed by atoms with Crippen LogP contribution in [-0.2, 0) is 9.53 Å². The van der Waals surface area contributed by atoms with Crippen LogP contribution in [0.1, 0.15) is 78.9 Å². The number of carbonyl (C=O) groups excluding carboxylic acids is 1. The van der Waals surface area contributed by atoms with Crippen molar-refractivity contribution in [2.24, 2.45) is 0 Å². The number of hydrogen-bond donors (Lipinski definition) is 7. The molecule has 560 valence electrons. The number of aromatic carboxylic acids is 2. The number of carboxylic acids is 2. The van der Waals surface area contributed by atoms with E-state index in [4.69, 9.17) is 105 Å². The summed E-state index contributed by atoms with van der Waals surface area (Å²) in [5.74, 6) is -1.04. The second kappa shape index (κ2) is 46.9. The standard InChI is InChI=1S/C16H17ClN2O2.C16H14ClNO2.C8H8ClIO.C8H8ClNO3.C8H10ClNO.C8H9NO2.C6H3ClFNO2.C4H7IO2/c1-3-18-15-12(17)5-4-6-13(15)19-14-9-10(2)7-8-11(14)16(20)21;1-3-20-16-12(17)7-6-11-14(16)18-13-8-9(2)4-5-10(13)15(11)19;1-2-11-8-6(9)4-3-5-7(8)10;1-2-13-8-6(9)4-3-5-7(8)10(11)12;1-2-11-8-6(9)4-3-5-7(8)10;1-5-2-3-6(8(10)11)7(9)4-5;7-4-2-1-3-5(6(4)8)9(10)11;1-2-7-4(6)3-5/h4-9,18-19H,3H2,1-2H3,(H,20,21);4-8H,3H2,1-2H3,(H,18,19);3-5H,2H2,1H3;3-5H,2H2,1H3;3-5H,2,10H2,1H3;2-4H,9H2,1H3,(H,10,11);1-3H;2-3H2,1H3. The monoisotopic (exact) mass is 1790 g/mol. The number of para-hydroxylation sites is 4. The number of anilines is 5. The number of nitro groups is 2. The molecule has 1 aromatic heterocycles. The maximum Gasteiger partial charge on any atom is 0.337 e. The number of H-pyrrole nitrogens is 1. The van der Waals surface area contributed by atoms with E-state index in [9.17, 15) is 48.9 Å². The van der Waals surface area contributed by atoms with Crippen LogP contribution in [0, 0.1) is 50.4 Å². The minimum Gasteiger partial charge on any atom is -0.491 e. The van der Waals surface area contributed by atoms with Crippen molar-refractivity contribution in [3.63, 3.8) is 0 Å². The minimum absolute atomic E-state index is 0.00799. The van der Waals surface area contributed by atoms with Crippen LogP contribution in [0.3, 0.4) is 0 Å². The Morgan fingerprint density at radius 2 is 1.00 bits per heavy atom. The number of rotatable bonds is 18. The lowest BCUT2D eigenvalue weighted by Gasteiger charge is -2.16. The fourth-order valence-electron chi connectivity index (χ4n) is 8.70. The number of ether oxygens (including phenoxy) is 5. The molecule has 0 aliphatic carbocycles. The van der Waals surface area contributed by atoms with E-state index in [0.717, 1.165) is 55.5 Å². The Morgan fingerprint density at radius 1 is 0.533 bits per heavy atom. The van der Waals surface area contributed by atoms with Gasteiger partial charge in [0, 0.05) is 29.8 Å². The number of fused-ring (bicyclic) bond motifs is 2. The van der Waals surface area contributed by atoms with Gasteiger partial charge in [-0.05, 0) is 199 Å². The Kier molecular flexibility index (Phi) is 40.4. The number of nitrogen functional groups attached to an aromatic ring is 2. The van der Waals surface area contributed by atoms with E-state index in [1.54, 1.807) is 86.6 Å². The van der Waals surface area contributed by atoms with E-state index in [1.165, 1.54) is 30.3 Å². The second-order valence-corrected chi connectivity index (χ2v) is 25.3. The van der Waals surface area contributed by atoms with Crippen molar-refractivity contribution in [1.82, 2.24) is 4.98 Å². The molecule has 10 aromatic rings. The van der Waals surface area contributed by atoms with Gasteiger partial charge in [-0.3, -0.25) is 29.8 Å². The highest BCUT2D eigenvalue weighted by molar-refractivity contribution is 14.1. The van der Waals surface area contributed by atoms with Crippen LogP contribution >= 0.6 is 115 Å². The molecule has 9 aromatic carbocycles. The summed E-state index contributed by atoms with van der Waals surface area (Å²) in [4.78, 5) is 67.0. The van der Waals surface area contributed by atoms with Gasteiger partial charge < -0.3 is 61.0 Å². The van der Waals surface area contributed by atoms with Crippen LogP contribution < -0.4 is 46.5 Å². The molecule has 31 heteroatoms.